The number of thioether (sulfide) groups is 1. The van der Waals surface area contributed by atoms with Gasteiger partial charge in [0.1, 0.15) is 16.7 Å². The number of hydrogen-bond acceptors (Lipinski definition) is 6. The summed E-state index contributed by atoms with van der Waals surface area (Å²) in [7, 11) is 0. The largest absolute Gasteiger partial charge is 0.492 e. The number of amides is 1. The highest BCUT2D eigenvalue weighted by Crippen LogP contribution is 2.40. The van der Waals surface area contributed by atoms with Crippen molar-refractivity contribution in [1.82, 2.24) is 9.80 Å². The lowest BCUT2D eigenvalue weighted by Gasteiger charge is -2.17. The number of rotatable bonds is 10. The lowest BCUT2D eigenvalue weighted by atomic mass is 9.97. The van der Waals surface area contributed by atoms with Gasteiger partial charge in [0.15, 0.2) is 0 Å². The molecular formula is C33H28F6N2O4S2. The number of aromatic carboxylic acids is 1. The summed E-state index contributed by atoms with van der Waals surface area (Å²) >= 11 is 6.46. The molecule has 3 aromatic rings. The van der Waals surface area contributed by atoms with E-state index in [-0.39, 0.29) is 45.1 Å². The number of alkyl halides is 6. The summed E-state index contributed by atoms with van der Waals surface area (Å²) in [4.78, 5) is 28.4. The van der Waals surface area contributed by atoms with Gasteiger partial charge in [0, 0.05) is 18.7 Å². The van der Waals surface area contributed by atoms with Gasteiger partial charge < -0.3 is 9.84 Å². The molecule has 3 aromatic carbocycles. The first-order chi connectivity index (χ1) is 22.2. The minimum atomic E-state index is -5.01. The van der Waals surface area contributed by atoms with Gasteiger partial charge in [-0.2, -0.15) is 26.3 Å². The molecule has 1 amide bonds. The molecule has 14 heteroatoms. The lowest BCUT2D eigenvalue weighted by Crippen LogP contribution is -2.30. The molecule has 0 unspecified atom stereocenters. The molecule has 0 aliphatic carbocycles. The number of halogens is 6. The van der Waals surface area contributed by atoms with Crippen LogP contribution in [0.25, 0.3) is 17.2 Å². The summed E-state index contributed by atoms with van der Waals surface area (Å²) in [5, 5.41) is 9.10. The fourth-order valence-electron chi connectivity index (χ4n) is 5.27. The first kappa shape index (κ1) is 34.5. The van der Waals surface area contributed by atoms with Crippen LogP contribution < -0.4 is 4.74 Å². The van der Waals surface area contributed by atoms with E-state index in [2.05, 4.69) is 4.90 Å². The van der Waals surface area contributed by atoms with Crippen molar-refractivity contribution in [2.45, 2.75) is 31.6 Å². The highest BCUT2D eigenvalue weighted by molar-refractivity contribution is 8.26. The average Bonchev–Trinajstić information content (AvgIpc) is 3.63. The monoisotopic (exact) mass is 694 g/mol. The molecule has 47 heavy (non-hydrogen) atoms. The van der Waals surface area contributed by atoms with Crippen LogP contribution in [0.2, 0.25) is 0 Å². The second-order valence-corrected chi connectivity index (χ2v) is 12.7. The fraction of sp³-hybridized carbons (Fsp3) is 0.303. The molecule has 0 spiro atoms. The highest BCUT2D eigenvalue weighted by atomic mass is 32.2. The molecule has 0 bridgehead atoms. The van der Waals surface area contributed by atoms with Gasteiger partial charge in [0.2, 0.25) is 0 Å². The Kier molecular flexibility index (Phi) is 10.3. The number of benzene rings is 3. The van der Waals surface area contributed by atoms with E-state index < -0.39 is 35.4 Å². The van der Waals surface area contributed by atoms with Gasteiger partial charge in [-0.3, -0.25) is 14.6 Å². The average molecular weight is 695 g/mol. The topological polar surface area (TPSA) is 70.1 Å². The Bertz CT molecular complexity index is 1670. The van der Waals surface area contributed by atoms with Crippen molar-refractivity contribution in [2.24, 2.45) is 0 Å². The summed E-state index contributed by atoms with van der Waals surface area (Å²) in [6, 6.07) is 11.9. The number of carboxylic acid groups (broad SMARTS) is 1. The molecule has 0 saturated carbocycles. The van der Waals surface area contributed by atoms with Crippen LogP contribution in [-0.4, -0.2) is 63.9 Å². The maximum Gasteiger partial charge on any atom is 0.416 e. The van der Waals surface area contributed by atoms with Gasteiger partial charge in [-0.25, -0.2) is 4.79 Å². The third kappa shape index (κ3) is 8.54. The highest BCUT2D eigenvalue weighted by Gasteiger charge is 2.37. The molecule has 2 aliphatic rings. The second-order valence-electron chi connectivity index (χ2n) is 11.0. The maximum atomic E-state index is 13.6. The van der Waals surface area contributed by atoms with Gasteiger partial charge in [0.05, 0.1) is 21.6 Å². The summed E-state index contributed by atoms with van der Waals surface area (Å²) in [5.41, 5.74) is -1.90. The van der Waals surface area contributed by atoms with Crippen LogP contribution in [0.15, 0.2) is 65.6 Å². The summed E-state index contributed by atoms with van der Waals surface area (Å²) < 4.78 is 87.8. The quantitative estimate of drug-likeness (QED) is 0.131. The van der Waals surface area contributed by atoms with Crippen molar-refractivity contribution in [3.8, 4) is 16.9 Å². The molecule has 0 atom stereocenters. The minimum Gasteiger partial charge on any atom is -0.492 e. The van der Waals surface area contributed by atoms with Gasteiger partial charge >= 0.3 is 18.3 Å². The van der Waals surface area contributed by atoms with Crippen molar-refractivity contribution in [1.29, 1.82) is 0 Å². The molecular weight excluding hydrogens is 666 g/mol. The molecule has 1 N–H and O–H groups in total. The molecule has 2 fully saturated rings. The summed E-state index contributed by atoms with van der Waals surface area (Å²) in [6.07, 6.45) is -6.00. The number of thiocarbonyl (C=S) groups is 1. The minimum absolute atomic E-state index is 0.0695. The SMILES string of the molecule is O=C(O)c1ccc(CCN2C(=O)C(=Cc3cc(-c4cc(C(F)(F)F)cc(C(F)(F)F)c4)ccc3OCCN3CCCC3)SC2=S)cc1. The molecule has 0 aromatic heterocycles. The third-order valence-electron chi connectivity index (χ3n) is 7.78. The molecule has 5 rings (SSSR count). The van der Waals surface area contributed by atoms with Crippen molar-refractivity contribution in [2.75, 3.05) is 32.8 Å². The van der Waals surface area contributed by atoms with Crippen LogP contribution in [0.5, 0.6) is 5.75 Å². The normalized spacial score (nSPS) is 16.8. The number of likely N-dealkylation sites (tertiary alicyclic amines) is 1. The second kappa shape index (κ2) is 14.1. The summed E-state index contributed by atoms with van der Waals surface area (Å²) in [6.45, 7) is 2.97. The molecule has 2 saturated heterocycles. The fourth-order valence-corrected chi connectivity index (χ4v) is 6.57. The Morgan fingerprint density at radius 1 is 0.894 bits per heavy atom. The van der Waals surface area contributed by atoms with E-state index >= 15 is 0 Å². The number of nitrogens with zero attached hydrogens (tertiary/aromatic N) is 2. The molecule has 248 valence electrons. The predicted molar refractivity (Wildman–Crippen MR) is 170 cm³/mol. The van der Waals surface area contributed by atoms with Crippen LogP contribution in [0.3, 0.4) is 0 Å². The smallest absolute Gasteiger partial charge is 0.416 e. The van der Waals surface area contributed by atoms with Gasteiger partial charge in [-0.05, 0) is 97.6 Å². The molecule has 2 heterocycles. The zero-order chi connectivity index (χ0) is 33.9. The van der Waals surface area contributed by atoms with E-state index in [0.29, 0.717) is 36.4 Å². The Hall–Kier alpha value is -3.88. The van der Waals surface area contributed by atoms with Crippen LogP contribution in [-0.2, 0) is 23.6 Å². The van der Waals surface area contributed by atoms with Crippen molar-refractivity contribution >= 4 is 46.3 Å². The number of carbonyl (C=O) groups excluding carboxylic acids is 1. The maximum absolute atomic E-state index is 13.6. The van der Waals surface area contributed by atoms with Crippen molar-refractivity contribution in [3.63, 3.8) is 0 Å². The Morgan fingerprint density at radius 2 is 1.53 bits per heavy atom. The van der Waals surface area contributed by atoms with E-state index in [4.69, 9.17) is 22.1 Å². The van der Waals surface area contributed by atoms with Crippen LogP contribution in [0.1, 0.15) is 45.5 Å². The number of carboxylic acids is 1. The predicted octanol–water partition coefficient (Wildman–Crippen LogP) is 8.01. The Balaban J connectivity index is 1.45. The van der Waals surface area contributed by atoms with Crippen LogP contribution in [0, 0.1) is 0 Å². The first-order valence-electron chi connectivity index (χ1n) is 14.6. The number of carbonyl (C=O) groups is 2. The van der Waals surface area contributed by atoms with Crippen LogP contribution >= 0.6 is 24.0 Å². The van der Waals surface area contributed by atoms with Crippen molar-refractivity contribution < 1.29 is 45.8 Å². The van der Waals surface area contributed by atoms with E-state index in [1.165, 1.54) is 41.3 Å². The van der Waals surface area contributed by atoms with Crippen LogP contribution in [0.4, 0.5) is 26.3 Å². The van der Waals surface area contributed by atoms with E-state index in [1.54, 1.807) is 12.1 Å². The molecule has 2 aliphatic heterocycles. The molecule has 0 radical (unpaired) electrons. The number of ether oxygens (including phenoxy) is 1. The molecule has 6 nitrogen and oxygen atoms in total. The standard InChI is InChI=1S/C33H28F6N2O4S2/c34-32(35,36)25-16-23(17-26(19-25)33(37,38)39)22-7-8-27(45-14-13-40-10-1-2-11-40)24(15-22)18-28-29(42)41(31(46)47-28)12-9-20-3-5-21(6-4-20)30(43)44/h3-8,15-19H,1-2,9-14H2,(H,43,44). The van der Waals surface area contributed by atoms with E-state index in [1.807, 2.05) is 0 Å². The van der Waals surface area contributed by atoms with Gasteiger partial charge in [-0.1, -0.05) is 42.2 Å². The summed E-state index contributed by atoms with van der Waals surface area (Å²) in [5.74, 6) is -1.18. The van der Waals surface area contributed by atoms with E-state index in [0.717, 1.165) is 43.3 Å². The zero-order valence-electron chi connectivity index (χ0n) is 24.7. The van der Waals surface area contributed by atoms with Crippen molar-refractivity contribution in [3.05, 3.63) is 93.4 Å². The Labute approximate surface area is 276 Å². The Morgan fingerprint density at radius 3 is 2.13 bits per heavy atom. The zero-order valence-corrected chi connectivity index (χ0v) is 26.3. The van der Waals surface area contributed by atoms with Gasteiger partial charge in [-0.15, -0.1) is 0 Å². The third-order valence-corrected chi connectivity index (χ3v) is 9.16. The van der Waals surface area contributed by atoms with E-state index in [9.17, 15) is 35.9 Å². The lowest BCUT2D eigenvalue weighted by molar-refractivity contribution is -0.143. The van der Waals surface area contributed by atoms with Gasteiger partial charge in [0.25, 0.3) is 5.91 Å². The number of hydrogen-bond donors (Lipinski definition) is 1. The first-order valence-corrected chi connectivity index (χ1v) is 15.8.